The van der Waals surface area contributed by atoms with E-state index in [0.29, 0.717) is 15.6 Å². The molecule has 0 unspecified atom stereocenters. The van der Waals surface area contributed by atoms with E-state index < -0.39 is 0 Å². The van der Waals surface area contributed by atoms with Crippen LogP contribution >= 0.6 is 15.9 Å². The molecule has 1 rings (SSSR count). The first-order valence-electron chi connectivity index (χ1n) is 2.95. The standard InChI is InChI=1S/C8H5BrNO/c9-8-3-6(5-11)1-2-7(8)4-10/h1-3,5,11H. The van der Waals surface area contributed by atoms with Gasteiger partial charge in [-0.3, -0.25) is 0 Å². The van der Waals surface area contributed by atoms with Gasteiger partial charge in [0.25, 0.3) is 0 Å². The van der Waals surface area contributed by atoms with Gasteiger partial charge >= 0.3 is 0 Å². The molecule has 0 bridgehead atoms. The summed E-state index contributed by atoms with van der Waals surface area (Å²) in [5.41, 5.74) is 1.24. The van der Waals surface area contributed by atoms with Crippen molar-refractivity contribution in [3.8, 4) is 6.07 Å². The molecule has 0 aliphatic rings. The molecule has 0 saturated heterocycles. The Labute approximate surface area is 73.2 Å². The molecule has 1 N–H and O–H groups in total. The van der Waals surface area contributed by atoms with Crippen molar-refractivity contribution in [3.05, 3.63) is 40.4 Å². The molecule has 3 heteroatoms. The van der Waals surface area contributed by atoms with Crippen LogP contribution in [-0.2, 0) is 0 Å². The van der Waals surface area contributed by atoms with Gasteiger partial charge < -0.3 is 5.11 Å². The number of nitriles is 1. The highest BCUT2D eigenvalue weighted by Crippen LogP contribution is 2.17. The van der Waals surface area contributed by atoms with Crippen molar-refractivity contribution < 1.29 is 5.11 Å². The molecule has 1 radical (unpaired) electrons. The Hall–Kier alpha value is -0.850. The molecular formula is C8H5BrNO. The largest absolute Gasteiger partial charge is 0.385 e. The van der Waals surface area contributed by atoms with E-state index in [4.69, 9.17) is 10.4 Å². The highest BCUT2D eigenvalue weighted by Gasteiger charge is 1.98. The first-order valence-corrected chi connectivity index (χ1v) is 3.74. The summed E-state index contributed by atoms with van der Waals surface area (Å²) in [6.45, 7) is 0.992. The Balaban J connectivity index is 3.12. The van der Waals surface area contributed by atoms with Gasteiger partial charge in [-0.1, -0.05) is 6.07 Å². The second-order valence-electron chi connectivity index (χ2n) is 1.98. The molecule has 0 fully saturated rings. The minimum absolute atomic E-state index is 0.565. The van der Waals surface area contributed by atoms with E-state index in [0.717, 1.165) is 6.61 Å². The van der Waals surface area contributed by atoms with Crippen LogP contribution in [0, 0.1) is 17.9 Å². The normalized spacial score (nSPS) is 9.18. The first-order chi connectivity index (χ1) is 5.27. The summed E-state index contributed by atoms with van der Waals surface area (Å²) in [6, 6.07) is 7.00. The van der Waals surface area contributed by atoms with Crippen LogP contribution in [0.25, 0.3) is 0 Å². The van der Waals surface area contributed by atoms with Crippen LogP contribution in [-0.4, -0.2) is 5.11 Å². The van der Waals surface area contributed by atoms with Gasteiger partial charge in [-0.05, 0) is 33.6 Å². The lowest BCUT2D eigenvalue weighted by molar-refractivity contribution is 0.415. The smallest absolute Gasteiger partial charge is 0.109 e. The Morgan fingerprint density at radius 2 is 2.27 bits per heavy atom. The predicted molar refractivity (Wildman–Crippen MR) is 44.2 cm³/mol. The Morgan fingerprint density at radius 1 is 1.55 bits per heavy atom. The fourth-order valence-electron chi connectivity index (χ4n) is 0.702. The van der Waals surface area contributed by atoms with Crippen molar-refractivity contribution in [1.82, 2.24) is 0 Å². The van der Waals surface area contributed by atoms with Crippen molar-refractivity contribution in [3.63, 3.8) is 0 Å². The molecule has 1 aromatic carbocycles. The maximum Gasteiger partial charge on any atom is 0.109 e. The maximum absolute atomic E-state index is 8.60. The van der Waals surface area contributed by atoms with Gasteiger partial charge in [0.15, 0.2) is 0 Å². The molecule has 2 nitrogen and oxygen atoms in total. The molecule has 0 aromatic heterocycles. The lowest BCUT2D eigenvalue weighted by atomic mass is 10.2. The van der Waals surface area contributed by atoms with Crippen molar-refractivity contribution in [2.75, 3.05) is 0 Å². The minimum Gasteiger partial charge on any atom is -0.385 e. The van der Waals surface area contributed by atoms with E-state index in [2.05, 4.69) is 15.9 Å². The van der Waals surface area contributed by atoms with E-state index in [1.165, 1.54) is 0 Å². The van der Waals surface area contributed by atoms with E-state index in [9.17, 15) is 0 Å². The van der Waals surface area contributed by atoms with Gasteiger partial charge in [-0.15, -0.1) is 0 Å². The molecule has 11 heavy (non-hydrogen) atoms. The van der Waals surface area contributed by atoms with Crippen molar-refractivity contribution in [2.45, 2.75) is 0 Å². The number of aliphatic hydroxyl groups excluding tert-OH is 1. The SMILES string of the molecule is N#Cc1ccc([CH]O)cc1Br. The van der Waals surface area contributed by atoms with Gasteiger partial charge in [0, 0.05) is 4.47 Å². The Kier molecular flexibility index (Phi) is 2.64. The zero-order valence-corrected chi connectivity index (χ0v) is 7.17. The van der Waals surface area contributed by atoms with Gasteiger partial charge in [-0.25, -0.2) is 0 Å². The fourth-order valence-corrected chi connectivity index (χ4v) is 1.19. The summed E-state index contributed by atoms with van der Waals surface area (Å²) in [5.74, 6) is 0. The topological polar surface area (TPSA) is 44.0 Å². The monoisotopic (exact) mass is 210 g/mol. The number of halogens is 1. The van der Waals surface area contributed by atoms with Gasteiger partial charge in [0.05, 0.1) is 5.56 Å². The quantitative estimate of drug-likeness (QED) is 0.773. The number of rotatable bonds is 1. The van der Waals surface area contributed by atoms with Crippen molar-refractivity contribution >= 4 is 15.9 Å². The zero-order valence-electron chi connectivity index (χ0n) is 5.58. The molecule has 1 aromatic rings. The molecule has 0 aliphatic carbocycles. The van der Waals surface area contributed by atoms with Gasteiger partial charge in [-0.2, -0.15) is 5.26 Å². The van der Waals surface area contributed by atoms with E-state index >= 15 is 0 Å². The minimum atomic E-state index is 0.565. The molecule has 0 amide bonds. The highest BCUT2D eigenvalue weighted by atomic mass is 79.9. The molecule has 0 heterocycles. The molecule has 55 valence electrons. The number of benzene rings is 1. The van der Waals surface area contributed by atoms with Gasteiger partial charge in [0.1, 0.15) is 12.7 Å². The molecule has 0 atom stereocenters. The second kappa shape index (κ2) is 3.51. The number of nitrogens with zero attached hydrogens (tertiary/aromatic N) is 1. The summed E-state index contributed by atoms with van der Waals surface area (Å²) in [7, 11) is 0. The van der Waals surface area contributed by atoms with Crippen LogP contribution in [0.15, 0.2) is 22.7 Å². The van der Waals surface area contributed by atoms with E-state index in [1.54, 1.807) is 18.2 Å². The van der Waals surface area contributed by atoms with Crippen LogP contribution in [0.1, 0.15) is 11.1 Å². The summed E-state index contributed by atoms with van der Waals surface area (Å²) < 4.78 is 0.697. The average Bonchev–Trinajstić information content (AvgIpc) is 2.04. The summed E-state index contributed by atoms with van der Waals surface area (Å²) in [4.78, 5) is 0. The summed E-state index contributed by atoms with van der Waals surface area (Å²) >= 11 is 3.19. The number of hydrogen-bond acceptors (Lipinski definition) is 2. The molecular weight excluding hydrogens is 206 g/mol. The third-order valence-corrected chi connectivity index (χ3v) is 1.92. The lowest BCUT2D eigenvalue weighted by Crippen LogP contribution is -1.82. The maximum atomic E-state index is 8.60. The fraction of sp³-hybridized carbons (Fsp3) is 0. The molecule has 0 aliphatic heterocycles. The Morgan fingerprint density at radius 3 is 2.73 bits per heavy atom. The van der Waals surface area contributed by atoms with Crippen LogP contribution in [0.4, 0.5) is 0 Å². The molecule has 0 spiro atoms. The highest BCUT2D eigenvalue weighted by molar-refractivity contribution is 9.10. The summed E-state index contributed by atoms with van der Waals surface area (Å²) in [6.07, 6.45) is 0. The van der Waals surface area contributed by atoms with Crippen molar-refractivity contribution in [1.29, 1.82) is 5.26 Å². The predicted octanol–water partition coefficient (Wildman–Crippen LogP) is 2.20. The van der Waals surface area contributed by atoms with Crippen LogP contribution in [0.3, 0.4) is 0 Å². The first kappa shape index (κ1) is 8.25. The molecule has 0 saturated carbocycles. The third-order valence-electron chi connectivity index (χ3n) is 1.26. The number of aliphatic hydroxyl groups is 1. The Bertz CT molecular complexity index is 303. The lowest BCUT2D eigenvalue weighted by Gasteiger charge is -1.96. The van der Waals surface area contributed by atoms with E-state index in [-0.39, 0.29) is 0 Å². The zero-order chi connectivity index (χ0) is 8.27. The third kappa shape index (κ3) is 1.79. The average molecular weight is 211 g/mol. The summed E-state index contributed by atoms with van der Waals surface area (Å²) in [5, 5.41) is 17.1. The van der Waals surface area contributed by atoms with E-state index in [1.807, 2.05) is 6.07 Å². The van der Waals surface area contributed by atoms with Crippen LogP contribution < -0.4 is 0 Å². The van der Waals surface area contributed by atoms with Crippen LogP contribution in [0.5, 0.6) is 0 Å². The second-order valence-corrected chi connectivity index (χ2v) is 2.83. The van der Waals surface area contributed by atoms with Gasteiger partial charge in [0.2, 0.25) is 0 Å². The van der Waals surface area contributed by atoms with Crippen molar-refractivity contribution in [2.24, 2.45) is 0 Å². The van der Waals surface area contributed by atoms with Crippen LogP contribution in [0.2, 0.25) is 0 Å². The number of hydrogen-bond donors (Lipinski definition) is 1.